The summed E-state index contributed by atoms with van der Waals surface area (Å²) in [6, 6.07) is 13.5. The lowest BCUT2D eigenvalue weighted by molar-refractivity contribution is 0.549. The monoisotopic (exact) mass is 254 g/mol. The van der Waals surface area contributed by atoms with Gasteiger partial charge < -0.3 is 5.32 Å². The predicted molar refractivity (Wildman–Crippen MR) is 80.2 cm³/mol. The third-order valence-electron chi connectivity index (χ3n) is 3.61. The number of nitrogens with zero attached hydrogens (tertiary/aromatic N) is 1. The molecule has 1 N–H and O–H groups in total. The predicted octanol–water partition coefficient (Wildman–Crippen LogP) is 3.54. The highest BCUT2D eigenvalue weighted by molar-refractivity contribution is 5.25. The van der Waals surface area contributed by atoms with E-state index in [1.165, 1.54) is 16.7 Å². The molecule has 0 aliphatic heterocycles. The average molecular weight is 254 g/mol. The van der Waals surface area contributed by atoms with Crippen LogP contribution in [-0.4, -0.2) is 12.0 Å². The molecular formula is C17H22N2. The number of aromatic nitrogens is 1. The van der Waals surface area contributed by atoms with Crippen molar-refractivity contribution in [1.29, 1.82) is 0 Å². The lowest BCUT2D eigenvalue weighted by Gasteiger charge is -2.17. The standard InChI is InChI=1S/C17H22N2/c1-3-14-4-7-16(8-5-14)17(18-2)9-6-15-10-12-19-13-11-15/h4-5,7-8,10-13,17-18H,3,6,9H2,1-2H3. The van der Waals surface area contributed by atoms with Crippen molar-refractivity contribution >= 4 is 0 Å². The first-order valence-electron chi connectivity index (χ1n) is 6.98. The summed E-state index contributed by atoms with van der Waals surface area (Å²) in [7, 11) is 2.03. The third kappa shape index (κ3) is 3.90. The Labute approximate surface area is 115 Å². The molecule has 0 amide bonds. The van der Waals surface area contributed by atoms with E-state index in [2.05, 4.69) is 53.6 Å². The Morgan fingerprint density at radius 3 is 2.26 bits per heavy atom. The van der Waals surface area contributed by atoms with E-state index in [-0.39, 0.29) is 0 Å². The van der Waals surface area contributed by atoms with Crippen LogP contribution in [-0.2, 0) is 12.8 Å². The lowest BCUT2D eigenvalue weighted by Crippen LogP contribution is -2.17. The van der Waals surface area contributed by atoms with E-state index in [0.717, 1.165) is 19.3 Å². The Hall–Kier alpha value is -1.67. The van der Waals surface area contributed by atoms with E-state index in [1.807, 2.05) is 19.4 Å². The molecule has 0 fully saturated rings. The molecule has 1 heterocycles. The zero-order valence-electron chi connectivity index (χ0n) is 11.8. The maximum Gasteiger partial charge on any atom is 0.0320 e. The number of aryl methyl sites for hydroxylation is 2. The number of rotatable bonds is 6. The number of pyridine rings is 1. The van der Waals surface area contributed by atoms with Gasteiger partial charge in [0.05, 0.1) is 0 Å². The fraction of sp³-hybridized carbons (Fsp3) is 0.353. The summed E-state index contributed by atoms with van der Waals surface area (Å²) < 4.78 is 0. The van der Waals surface area contributed by atoms with Crippen LogP contribution in [0.15, 0.2) is 48.8 Å². The van der Waals surface area contributed by atoms with Gasteiger partial charge in [-0.15, -0.1) is 0 Å². The van der Waals surface area contributed by atoms with Gasteiger partial charge in [0.25, 0.3) is 0 Å². The van der Waals surface area contributed by atoms with E-state index in [1.54, 1.807) is 0 Å². The van der Waals surface area contributed by atoms with Crippen LogP contribution in [0.25, 0.3) is 0 Å². The second kappa shape index (κ2) is 7.05. The Balaban J connectivity index is 1.99. The van der Waals surface area contributed by atoms with Crippen LogP contribution in [0, 0.1) is 0 Å². The second-order valence-electron chi connectivity index (χ2n) is 4.83. The van der Waals surface area contributed by atoms with Crippen LogP contribution in [0.1, 0.15) is 36.1 Å². The van der Waals surface area contributed by atoms with E-state index in [4.69, 9.17) is 0 Å². The van der Waals surface area contributed by atoms with Crippen molar-refractivity contribution in [2.24, 2.45) is 0 Å². The van der Waals surface area contributed by atoms with Crippen molar-refractivity contribution in [3.05, 3.63) is 65.5 Å². The summed E-state index contributed by atoms with van der Waals surface area (Å²) in [5, 5.41) is 3.41. The minimum Gasteiger partial charge on any atom is -0.313 e. The van der Waals surface area contributed by atoms with Crippen molar-refractivity contribution in [2.45, 2.75) is 32.2 Å². The molecule has 2 rings (SSSR count). The van der Waals surface area contributed by atoms with Gasteiger partial charge in [-0.2, -0.15) is 0 Å². The second-order valence-corrected chi connectivity index (χ2v) is 4.83. The van der Waals surface area contributed by atoms with Crippen LogP contribution in [0.5, 0.6) is 0 Å². The molecule has 1 aromatic heterocycles. The smallest absolute Gasteiger partial charge is 0.0320 e. The Kier molecular flexibility index (Phi) is 5.10. The Morgan fingerprint density at radius 2 is 1.68 bits per heavy atom. The lowest BCUT2D eigenvalue weighted by atomic mass is 9.98. The van der Waals surface area contributed by atoms with Gasteiger partial charge in [-0.05, 0) is 55.1 Å². The molecule has 2 heteroatoms. The molecule has 0 saturated heterocycles. The minimum atomic E-state index is 0.416. The molecule has 0 bridgehead atoms. The molecule has 0 aliphatic carbocycles. The minimum absolute atomic E-state index is 0.416. The van der Waals surface area contributed by atoms with Crippen LogP contribution < -0.4 is 5.32 Å². The van der Waals surface area contributed by atoms with Gasteiger partial charge in [-0.3, -0.25) is 4.98 Å². The topological polar surface area (TPSA) is 24.9 Å². The highest BCUT2D eigenvalue weighted by Gasteiger charge is 2.09. The van der Waals surface area contributed by atoms with Crippen molar-refractivity contribution in [1.82, 2.24) is 10.3 Å². The molecule has 0 saturated carbocycles. The van der Waals surface area contributed by atoms with Crippen molar-refractivity contribution in [3.8, 4) is 0 Å². The highest BCUT2D eigenvalue weighted by Crippen LogP contribution is 2.19. The first-order valence-corrected chi connectivity index (χ1v) is 6.98. The molecule has 2 nitrogen and oxygen atoms in total. The summed E-state index contributed by atoms with van der Waals surface area (Å²) >= 11 is 0. The number of hydrogen-bond acceptors (Lipinski definition) is 2. The van der Waals surface area contributed by atoms with Gasteiger partial charge in [0.2, 0.25) is 0 Å². The molecule has 0 spiro atoms. The van der Waals surface area contributed by atoms with Gasteiger partial charge in [0, 0.05) is 18.4 Å². The van der Waals surface area contributed by atoms with E-state index in [0.29, 0.717) is 6.04 Å². The van der Waals surface area contributed by atoms with Crippen LogP contribution >= 0.6 is 0 Å². The van der Waals surface area contributed by atoms with Crippen molar-refractivity contribution in [2.75, 3.05) is 7.05 Å². The maximum atomic E-state index is 4.05. The van der Waals surface area contributed by atoms with Crippen LogP contribution in [0.3, 0.4) is 0 Å². The van der Waals surface area contributed by atoms with E-state index in [9.17, 15) is 0 Å². The maximum absolute atomic E-state index is 4.05. The van der Waals surface area contributed by atoms with Gasteiger partial charge in [-0.1, -0.05) is 31.2 Å². The Bertz CT molecular complexity index is 476. The molecule has 0 aliphatic rings. The van der Waals surface area contributed by atoms with Gasteiger partial charge in [0.15, 0.2) is 0 Å². The first kappa shape index (κ1) is 13.8. The fourth-order valence-electron chi connectivity index (χ4n) is 2.32. The van der Waals surface area contributed by atoms with E-state index >= 15 is 0 Å². The van der Waals surface area contributed by atoms with Crippen molar-refractivity contribution < 1.29 is 0 Å². The molecule has 19 heavy (non-hydrogen) atoms. The van der Waals surface area contributed by atoms with Gasteiger partial charge in [0.1, 0.15) is 0 Å². The van der Waals surface area contributed by atoms with E-state index < -0.39 is 0 Å². The summed E-state index contributed by atoms with van der Waals surface area (Å²) in [5.74, 6) is 0. The fourth-order valence-corrected chi connectivity index (χ4v) is 2.32. The summed E-state index contributed by atoms with van der Waals surface area (Å²) in [6.45, 7) is 2.19. The van der Waals surface area contributed by atoms with Crippen LogP contribution in [0.4, 0.5) is 0 Å². The zero-order chi connectivity index (χ0) is 13.5. The van der Waals surface area contributed by atoms with Gasteiger partial charge in [-0.25, -0.2) is 0 Å². The zero-order valence-corrected chi connectivity index (χ0v) is 11.8. The Morgan fingerprint density at radius 1 is 1.00 bits per heavy atom. The molecular weight excluding hydrogens is 232 g/mol. The third-order valence-corrected chi connectivity index (χ3v) is 3.61. The number of hydrogen-bond donors (Lipinski definition) is 1. The molecule has 1 aromatic carbocycles. The normalized spacial score (nSPS) is 12.3. The van der Waals surface area contributed by atoms with Crippen LogP contribution in [0.2, 0.25) is 0 Å². The summed E-state index contributed by atoms with van der Waals surface area (Å²) in [4.78, 5) is 4.05. The largest absolute Gasteiger partial charge is 0.313 e. The summed E-state index contributed by atoms with van der Waals surface area (Å²) in [6.07, 6.45) is 7.00. The highest BCUT2D eigenvalue weighted by atomic mass is 14.9. The first-order chi connectivity index (χ1) is 9.33. The van der Waals surface area contributed by atoms with Gasteiger partial charge >= 0.3 is 0 Å². The number of nitrogens with one attached hydrogen (secondary N) is 1. The molecule has 100 valence electrons. The molecule has 2 aromatic rings. The molecule has 1 atom stereocenters. The van der Waals surface area contributed by atoms with Crippen molar-refractivity contribution in [3.63, 3.8) is 0 Å². The quantitative estimate of drug-likeness (QED) is 0.853. The average Bonchev–Trinajstić information content (AvgIpc) is 2.49. The number of benzene rings is 1. The summed E-state index contributed by atoms with van der Waals surface area (Å²) in [5.41, 5.74) is 4.11. The molecule has 1 unspecified atom stereocenters. The SMILES string of the molecule is CCc1ccc(C(CCc2ccncc2)NC)cc1. The molecule has 0 radical (unpaired) electrons.